The largest absolute Gasteiger partial charge is 0.477 e. The van der Waals surface area contributed by atoms with Crippen LogP contribution in [0.1, 0.15) is 29.9 Å². The van der Waals surface area contributed by atoms with Gasteiger partial charge in [0.2, 0.25) is 0 Å². The van der Waals surface area contributed by atoms with Gasteiger partial charge in [-0.2, -0.15) is 0 Å². The van der Waals surface area contributed by atoms with Gasteiger partial charge in [-0.1, -0.05) is 12.0 Å². The molecule has 0 aliphatic heterocycles. The second-order valence-electron chi connectivity index (χ2n) is 3.76. The van der Waals surface area contributed by atoms with Gasteiger partial charge in [0, 0.05) is 11.8 Å². The number of aromatic carboxylic acids is 1. The fourth-order valence-corrected chi connectivity index (χ4v) is 1.05. The first-order valence-corrected chi connectivity index (χ1v) is 4.75. The summed E-state index contributed by atoms with van der Waals surface area (Å²) in [5, 5.41) is 8.89. The van der Waals surface area contributed by atoms with Crippen molar-refractivity contribution < 1.29 is 14.6 Å². The van der Waals surface area contributed by atoms with Gasteiger partial charge < -0.3 is 9.84 Å². The van der Waals surface area contributed by atoms with Gasteiger partial charge in [-0.15, -0.1) is 6.42 Å². The van der Waals surface area contributed by atoms with Gasteiger partial charge in [0.1, 0.15) is 5.60 Å². The van der Waals surface area contributed by atoms with E-state index in [1.54, 1.807) is 26.0 Å². The Bertz CT molecular complexity index is 432. The van der Waals surface area contributed by atoms with Crippen LogP contribution in [0.5, 0.6) is 0 Å². The van der Waals surface area contributed by atoms with Crippen LogP contribution in [0.2, 0.25) is 0 Å². The zero-order valence-corrected chi connectivity index (χ0v) is 9.23. The summed E-state index contributed by atoms with van der Waals surface area (Å²) in [6, 6.07) is 3.32. The van der Waals surface area contributed by atoms with E-state index in [2.05, 4.69) is 10.9 Å². The Morgan fingerprint density at radius 3 is 2.94 bits per heavy atom. The summed E-state index contributed by atoms with van der Waals surface area (Å²) in [5.74, 6) is 1.40. The highest BCUT2D eigenvalue weighted by atomic mass is 16.5. The first kappa shape index (κ1) is 12.2. The van der Waals surface area contributed by atoms with Crippen molar-refractivity contribution in [1.29, 1.82) is 0 Å². The average Bonchev–Trinajstić information content (AvgIpc) is 2.27. The van der Waals surface area contributed by atoms with Crippen LogP contribution in [0.3, 0.4) is 0 Å². The molecule has 4 nitrogen and oxygen atoms in total. The van der Waals surface area contributed by atoms with Crippen LogP contribution in [-0.4, -0.2) is 21.7 Å². The highest BCUT2D eigenvalue weighted by Crippen LogP contribution is 2.13. The molecular weight excluding hydrogens is 206 g/mol. The van der Waals surface area contributed by atoms with E-state index in [9.17, 15) is 4.79 Å². The number of aromatic nitrogens is 1. The number of nitrogens with zero attached hydrogens (tertiary/aromatic N) is 1. The minimum absolute atomic E-state index is 0.00433. The number of carbonyl (C=O) groups is 1. The third-order valence-corrected chi connectivity index (χ3v) is 2.03. The molecule has 0 bridgehead atoms. The highest BCUT2D eigenvalue weighted by molar-refractivity contribution is 5.86. The Labute approximate surface area is 94.3 Å². The number of terminal acetylenes is 1. The fraction of sp³-hybridized carbons (Fsp3) is 0.333. The van der Waals surface area contributed by atoms with E-state index < -0.39 is 11.6 Å². The lowest BCUT2D eigenvalue weighted by Crippen LogP contribution is -2.22. The van der Waals surface area contributed by atoms with E-state index >= 15 is 0 Å². The highest BCUT2D eigenvalue weighted by Gasteiger charge is 2.17. The zero-order valence-electron chi connectivity index (χ0n) is 9.23. The van der Waals surface area contributed by atoms with E-state index in [0.717, 1.165) is 0 Å². The normalized spacial score (nSPS) is 10.8. The molecule has 0 saturated heterocycles. The van der Waals surface area contributed by atoms with E-state index in [1.807, 2.05) is 0 Å². The summed E-state index contributed by atoms with van der Waals surface area (Å²) in [7, 11) is 0. The van der Waals surface area contributed by atoms with Crippen molar-refractivity contribution in [2.24, 2.45) is 0 Å². The number of rotatable bonds is 4. The molecule has 1 aromatic rings. The molecule has 0 aliphatic rings. The van der Waals surface area contributed by atoms with Crippen molar-refractivity contribution in [3.8, 4) is 12.3 Å². The fourth-order valence-electron chi connectivity index (χ4n) is 1.05. The van der Waals surface area contributed by atoms with Gasteiger partial charge in [-0.05, 0) is 19.9 Å². The minimum atomic E-state index is -1.07. The van der Waals surface area contributed by atoms with Crippen molar-refractivity contribution >= 4 is 5.97 Å². The summed E-state index contributed by atoms with van der Waals surface area (Å²) in [4.78, 5) is 14.6. The second kappa shape index (κ2) is 4.77. The smallest absolute Gasteiger partial charge is 0.354 e. The molecule has 1 heterocycles. The Morgan fingerprint density at radius 2 is 2.38 bits per heavy atom. The lowest BCUT2D eigenvalue weighted by atomic mass is 10.1. The Hall–Kier alpha value is -1.86. The molecule has 1 aromatic heterocycles. The van der Waals surface area contributed by atoms with Crippen molar-refractivity contribution in [1.82, 2.24) is 4.98 Å². The summed E-state index contributed by atoms with van der Waals surface area (Å²) >= 11 is 0. The number of pyridine rings is 1. The SMILES string of the molecule is C#CC(C)(C)OCc1cccnc1C(=O)O. The molecule has 16 heavy (non-hydrogen) atoms. The Balaban J connectivity index is 2.83. The van der Waals surface area contributed by atoms with Crippen molar-refractivity contribution in [3.05, 3.63) is 29.6 Å². The monoisotopic (exact) mass is 219 g/mol. The van der Waals surface area contributed by atoms with Crippen LogP contribution in [0.4, 0.5) is 0 Å². The maximum absolute atomic E-state index is 10.9. The van der Waals surface area contributed by atoms with Gasteiger partial charge in [-0.25, -0.2) is 9.78 Å². The van der Waals surface area contributed by atoms with Crippen LogP contribution in [0.15, 0.2) is 18.3 Å². The molecule has 0 saturated carbocycles. The van der Waals surface area contributed by atoms with Gasteiger partial charge in [-0.3, -0.25) is 0 Å². The molecule has 84 valence electrons. The Morgan fingerprint density at radius 1 is 1.69 bits per heavy atom. The van der Waals surface area contributed by atoms with Crippen LogP contribution in [0.25, 0.3) is 0 Å². The summed E-state index contributed by atoms with van der Waals surface area (Å²) in [6.07, 6.45) is 6.69. The number of hydrogen-bond acceptors (Lipinski definition) is 3. The summed E-state index contributed by atoms with van der Waals surface area (Å²) in [6.45, 7) is 3.61. The van der Waals surface area contributed by atoms with Crippen LogP contribution in [-0.2, 0) is 11.3 Å². The van der Waals surface area contributed by atoms with Crippen LogP contribution in [0, 0.1) is 12.3 Å². The molecule has 4 heteroatoms. The topological polar surface area (TPSA) is 59.4 Å². The van der Waals surface area contributed by atoms with Crippen molar-refractivity contribution in [2.75, 3.05) is 0 Å². The number of carboxylic acids is 1. The quantitative estimate of drug-likeness (QED) is 0.783. The zero-order chi connectivity index (χ0) is 12.2. The molecule has 0 radical (unpaired) electrons. The molecule has 0 unspecified atom stereocenters. The Kier molecular flexibility index (Phi) is 3.64. The number of hydrogen-bond donors (Lipinski definition) is 1. The van der Waals surface area contributed by atoms with Gasteiger partial charge in [0.15, 0.2) is 5.69 Å². The van der Waals surface area contributed by atoms with E-state index in [1.165, 1.54) is 6.20 Å². The number of ether oxygens (including phenoxy) is 1. The van der Waals surface area contributed by atoms with Crippen LogP contribution >= 0.6 is 0 Å². The number of carboxylic acid groups (broad SMARTS) is 1. The molecule has 1 rings (SSSR count). The third kappa shape index (κ3) is 3.07. The second-order valence-corrected chi connectivity index (χ2v) is 3.76. The van der Waals surface area contributed by atoms with E-state index in [4.69, 9.17) is 16.3 Å². The van der Waals surface area contributed by atoms with E-state index in [0.29, 0.717) is 5.56 Å². The van der Waals surface area contributed by atoms with Gasteiger partial charge in [0.05, 0.1) is 6.61 Å². The van der Waals surface area contributed by atoms with Crippen LogP contribution < -0.4 is 0 Å². The van der Waals surface area contributed by atoms with Crippen molar-refractivity contribution in [3.63, 3.8) is 0 Å². The minimum Gasteiger partial charge on any atom is -0.477 e. The van der Waals surface area contributed by atoms with E-state index in [-0.39, 0.29) is 12.3 Å². The maximum Gasteiger partial charge on any atom is 0.354 e. The van der Waals surface area contributed by atoms with Crippen molar-refractivity contribution in [2.45, 2.75) is 26.1 Å². The first-order chi connectivity index (χ1) is 7.46. The molecule has 0 amide bonds. The molecule has 0 aliphatic carbocycles. The predicted molar refractivity (Wildman–Crippen MR) is 58.9 cm³/mol. The molecular formula is C12H13NO3. The lowest BCUT2D eigenvalue weighted by Gasteiger charge is -2.18. The van der Waals surface area contributed by atoms with Gasteiger partial charge in [0.25, 0.3) is 0 Å². The molecule has 0 spiro atoms. The maximum atomic E-state index is 10.9. The molecule has 1 N–H and O–H groups in total. The summed E-state index contributed by atoms with van der Waals surface area (Å²) < 4.78 is 5.42. The molecule has 0 aromatic carbocycles. The standard InChI is InChI=1S/C12H13NO3/c1-4-12(2,3)16-8-9-6-5-7-13-10(9)11(14)15/h1,5-7H,8H2,2-3H3,(H,14,15). The predicted octanol–water partition coefficient (Wildman–Crippen LogP) is 1.71. The summed E-state index contributed by atoms with van der Waals surface area (Å²) in [5.41, 5.74) is -0.209. The van der Waals surface area contributed by atoms with Gasteiger partial charge >= 0.3 is 5.97 Å². The lowest BCUT2D eigenvalue weighted by molar-refractivity contribution is 0.0136. The third-order valence-electron chi connectivity index (χ3n) is 2.03. The first-order valence-electron chi connectivity index (χ1n) is 4.75. The molecule has 0 fully saturated rings. The average molecular weight is 219 g/mol. The molecule has 0 atom stereocenters.